The number of aliphatic hydroxyl groups is 2. The lowest BCUT2D eigenvalue weighted by Crippen LogP contribution is -2.11. The number of aryl methyl sites for hydroxylation is 1. The normalized spacial score (nSPS) is 13.0. The van der Waals surface area contributed by atoms with E-state index in [1.807, 2.05) is 97.9 Å². The van der Waals surface area contributed by atoms with Crippen LogP contribution in [-0.4, -0.2) is 23.4 Å². The summed E-state index contributed by atoms with van der Waals surface area (Å²) in [4.78, 5) is 0. The summed E-state index contributed by atoms with van der Waals surface area (Å²) in [6, 6.07) is 28.7. The molecule has 0 aliphatic heterocycles. The van der Waals surface area contributed by atoms with Crippen LogP contribution in [0.25, 0.3) is 10.8 Å². The summed E-state index contributed by atoms with van der Waals surface area (Å²) < 4.78 is 12.0. The van der Waals surface area contributed by atoms with E-state index in [2.05, 4.69) is 0 Å². The second kappa shape index (κ2) is 9.65. The fourth-order valence-corrected chi connectivity index (χ4v) is 3.60. The molecule has 0 bridgehead atoms. The van der Waals surface area contributed by atoms with E-state index in [9.17, 15) is 10.2 Å². The number of aliphatic hydroxyl groups excluding tert-OH is 2. The molecule has 4 rings (SSSR count). The van der Waals surface area contributed by atoms with Crippen LogP contribution in [0, 0.1) is 6.92 Å². The third kappa shape index (κ3) is 4.88. The van der Waals surface area contributed by atoms with E-state index < -0.39 is 12.2 Å². The Morgan fingerprint density at radius 1 is 0.613 bits per heavy atom. The van der Waals surface area contributed by atoms with E-state index in [1.54, 1.807) is 0 Å². The Balaban J connectivity index is 1.53. The van der Waals surface area contributed by atoms with Gasteiger partial charge in [0.15, 0.2) is 0 Å². The van der Waals surface area contributed by atoms with Gasteiger partial charge in [0.05, 0.1) is 0 Å². The predicted molar refractivity (Wildman–Crippen MR) is 122 cm³/mol. The topological polar surface area (TPSA) is 58.9 Å². The Hall–Kier alpha value is -3.34. The molecule has 0 fully saturated rings. The standard InChI is InChI=1S/C27H26O4/c1-19-15-16-22-23(27(19)31-18-25(29)21-11-6-3-7-12-21)13-8-14-26(22)30-17-24(28)20-9-4-2-5-10-20/h2-16,24-25,28-29H,17-18H2,1H3. The van der Waals surface area contributed by atoms with Crippen molar-refractivity contribution < 1.29 is 19.7 Å². The van der Waals surface area contributed by atoms with Crippen molar-refractivity contribution in [3.63, 3.8) is 0 Å². The molecule has 0 heterocycles. The summed E-state index contributed by atoms with van der Waals surface area (Å²) in [6.45, 7) is 2.29. The van der Waals surface area contributed by atoms with Gasteiger partial charge in [-0.3, -0.25) is 0 Å². The number of rotatable bonds is 8. The number of benzene rings is 4. The molecule has 0 amide bonds. The van der Waals surface area contributed by atoms with Crippen molar-refractivity contribution in [2.45, 2.75) is 19.1 Å². The first kappa shape index (κ1) is 20.9. The molecule has 2 unspecified atom stereocenters. The lowest BCUT2D eigenvalue weighted by Gasteiger charge is -2.18. The molecular weight excluding hydrogens is 388 g/mol. The largest absolute Gasteiger partial charge is 0.490 e. The predicted octanol–water partition coefficient (Wildman–Crippen LogP) is 5.37. The van der Waals surface area contributed by atoms with E-state index >= 15 is 0 Å². The fraction of sp³-hybridized carbons (Fsp3) is 0.185. The van der Waals surface area contributed by atoms with Gasteiger partial charge in [0.2, 0.25) is 0 Å². The van der Waals surface area contributed by atoms with Crippen LogP contribution in [-0.2, 0) is 0 Å². The zero-order chi connectivity index (χ0) is 21.6. The SMILES string of the molecule is Cc1ccc2c(OCC(O)c3ccccc3)cccc2c1OCC(O)c1ccccc1. The molecule has 0 spiro atoms. The molecule has 0 saturated heterocycles. The van der Waals surface area contributed by atoms with Gasteiger partial charge >= 0.3 is 0 Å². The van der Waals surface area contributed by atoms with Gasteiger partial charge in [-0.05, 0) is 29.7 Å². The van der Waals surface area contributed by atoms with E-state index in [1.165, 1.54) is 0 Å². The van der Waals surface area contributed by atoms with Crippen LogP contribution in [0.3, 0.4) is 0 Å². The summed E-state index contributed by atoms with van der Waals surface area (Å²) in [6.07, 6.45) is -1.42. The van der Waals surface area contributed by atoms with Crippen molar-refractivity contribution in [3.8, 4) is 11.5 Å². The molecule has 158 valence electrons. The highest BCUT2D eigenvalue weighted by molar-refractivity contribution is 5.94. The van der Waals surface area contributed by atoms with Crippen molar-refractivity contribution in [3.05, 3.63) is 108 Å². The van der Waals surface area contributed by atoms with Crippen LogP contribution in [0.1, 0.15) is 28.9 Å². The summed E-state index contributed by atoms with van der Waals surface area (Å²) in [5, 5.41) is 22.7. The van der Waals surface area contributed by atoms with Crippen LogP contribution in [0.5, 0.6) is 11.5 Å². The molecule has 2 atom stereocenters. The highest BCUT2D eigenvalue weighted by Gasteiger charge is 2.14. The van der Waals surface area contributed by atoms with Crippen LogP contribution in [0.15, 0.2) is 91.0 Å². The van der Waals surface area contributed by atoms with Crippen LogP contribution in [0.2, 0.25) is 0 Å². The molecule has 0 saturated carbocycles. The van der Waals surface area contributed by atoms with Gasteiger partial charge < -0.3 is 19.7 Å². The molecule has 2 N–H and O–H groups in total. The molecule has 0 aromatic heterocycles. The minimum Gasteiger partial charge on any atom is -0.490 e. The molecule has 4 nitrogen and oxygen atoms in total. The summed E-state index contributed by atoms with van der Waals surface area (Å²) in [5.74, 6) is 1.41. The van der Waals surface area contributed by atoms with E-state index in [-0.39, 0.29) is 13.2 Å². The van der Waals surface area contributed by atoms with Gasteiger partial charge in [0.1, 0.15) is 36.9 Å². The van der Waals surface area contributed by atoms with Crippen molar-refractivity contribution in [2.75, 3.05) is 13.2 Å². The third-order valence-corrected chi connectivity index (χ3v) is 5.32. The van der Waals surface area contributed by atoms with Crippen molar-refractivity contribution in [1.29, 1.82) is 0 Å². The van der Waals surface area contributed by atoms with Gasteiger partial charge in [-0.25, -0.2) is 0 Å². The van der Waals surface area contributed by atoms with Gasteiger partial charge in [-0.2, -0.15) is 0 Å². The molecule has 0 aliphatic carbocycles. The Morgan fingerprint density at radius 3 is 1.81 bits per heavy atom. The van der Waals surface area contributed by atoms with Gasteiger partial charge in [0.25, 0.3) is 0 Å². The van der Waals surface area contributed by atoms with Crippen LogP contribution >= 0.6 is 0 Å². The first-order valence-electron chi connectivity index (χ1n) is 10.4. The van der Waals surface area contributed by atoms with Gasteiger partial charge in [0, 0.05) is 10.8 Å². The van der Waals surface area contributed by atoms with Crippen molar-refractivity contribution >= 4 is 10.8 Å². The molecule has 4 aromatic carbocycles. The zero-order valence-electron chi connectivity index (χ0n) is 17.4. The van der Waals surface area contributed by atoms with Crippen LogP contribution < -0.4 is 9.47 Å². The minimum absolute atomic E-state index is 0.153. The van der Waals surface area contributed by atoms with E-state index in [4.69, 9.17) is 9.47 Å². The second-order valence-electron chi connectivity index (χ2n) is 7.54. The Kier molecular flexibility index (Phi) is 6.51. The lowest BCUT2D eigenvalue weighted by molar-refractivity contribution is 0.108. The maximum Gasteiger partial charge on any atom is 0.130 e. The maximum atomic E-state index is 10.5. The first-order valence-corrected chi connectivity index (χ1v) is 10.4. The smallest absolute Gasteiger partial charge is 0.130 e. The quantitative estimate of drug-likeness (QED) is 0.407. The van der Waals surface area contributed by atoms with Crippen molar-refractivity contribution in [1.82, 2.24) is 0 Å². The fourth-order valence-electron chi connectivity index (χ4n) is 3.60. The molecule has 4 aromatic rings. The molecule has 0 radical (unpaired) electrons. The van der Waals surface area contributed by atoms with Gasteiger partial charge in [-0.1, -0.05) is 84.9 Å². The molecule has 0 aliphatic rings. The van der Waals surface area contributed by atoms with E-state index in [0.29, 0.717) is 5.75 Å². The maximum absolute atomic E-state index is 10.5. The molecule has 31 heavy (non-hydrogen) atoms. The Bertz CT molecular complexity index is 1130. The monoisotopic (exact) mass is 414 g/mol. The second-order valence-corrected chi connectivity index (χ2v) is 7.54. The first-order chi connectivity index (χ1) is 15.1. The summed E-state index contributed by atoms with van der Waals surface area (Å²) in [5.41, 5.74) is 2.62. The number of fused-ring (bicyclic) bond motifs is 1. The average Bonchev–Trinajstić information content (AvgIpc) is 2.82. The van der Waals surface area contributed by atoms with Crippen LogP contribution in [0.4, 0.5) is 0 Å². The number of hydrogen-bond donors (Lipinski definition) is 2. The Labute approximate surface area is 182 Å². The zero-order valence-corrected chi connectivity index (χ0v) is 17.4. The lowest BCUT2D eigenvalue weighted by atomic mass is 10.0. The summed E-state index contributed by atoms with van der Waals surface area (Å²) in [7, 11) is 0. The molecule has 4 heteroatoms. The number of hydrogen-bond acceptors (Lipinski definition) is 4. The van der Waals surface area contributed by atoms with Crippen molar-refractivity contribution in [2.24, 2.45) is 0 Å². The minimum atomic E-state index is -0.712. The Morgan fingerprint density at radius 2 is 1.19 bits per heavy atom. The highest BCUT2D eigenvalue weighted by atomic mass is 16.5. The third-order valence-electron chi connectivity index (χ3n) is 5.32. The molecular formula is C27H26O4. The van der Waals surface area contributed by atoms with Gasteiger partial charge in [-0.15, -0.1) is 0 Å². The highest BCUT2D eigenvalue weighted by Crippen LogP contribution is 2.35. The average molecular weight is 415 g/mol. The summed E-state index contributed by atoms with van der Waals surface area (Å²) >= 11 is 0. The van der Waals surface area contributed by atoms with E-state index in [0.717, 1.165) is 33.2 Å². The number of ether oxygens (including phenoxy) is 2.